The van der Waals surface area contributed by atoms with Crippen LogP contribution < -0.4 is 0 Å². The molecule has 3 fully saturated rings. The first-order valence-electron chi connectivity index (χ1n) is 9.22. The average Bonchev–Trinajstić information content (AvgIpc) is 3.30. The molecule has 5 nitrogen and oxygen atoms in total. The molecule has 1 saturated carbocycles. The van der Waals surface area contributed by atoms with E-state index in [9.17, 15) is 4.79 Å². The lowest BCUT2D eigenvalue weighted by Gasteiger charge is -2.32. The van der Waals surface area contributed by atoms with Gasteiger partial charge in [-0.3, -0.25) is 9.78 Å². The van der Waals surface area contributed by atoms with Crippen LogP contribution in [0.1, 0.15) is 37.7 Å². The number of fused-ring (bicyclic) bond motifs is 1. The molecule has 1 amide bonds. The molecular formula is C19H26N2O3. The van der Waals surface area contributed by atoms with Gasteiger partial charge in [0.25, 0.3) is 5.91 Å². The Morgan fingerprint density at radius 3 is 3.04 bits per heavy atom. The fraction of sp³-hybridized carbons (Fsp3) is 0.684. The molecule has 130 valence electrons. The number of carbonyl (C=O) groups excluding carboxylic acids is 1. The molecule has 3 aliphatic rings. The molecule has 0 unspecified atom stereocenters. The summed E-state index contributed by atoms with van der Waals surface area (Å²) in [5.74, 6) is 1.26. The number of ether oxygens (including phenoxy) is 2. The van der Waals surface area contributed by atoms with E-state index in [0.717, 1.165) is 44.5 Å². The molecule has 4 atom stereocenters. The Balaban J connectivity index is 1.36. The lowest BCUT2D eigenvalue weighted by Crippen LogP contribution is -2.38. The second kappa shape index (κ2) is 7.19. The van der Waals surface area contributed by atoms with E-state index < -0.39 is 0 Å². The summed E-state index contributed by atoms with van der Waals surface area (Å²) in [5, 5.41) is 0. The third kappa shape index (κ3) is 3.33. The van der Waals surface area contributed by atoms with Gasteiger partial charge in [-0.05, 0) is 43.2 Å². The molecule has 2 saturated heterocycles. The minimum atomic E-state index is -0.195. The monoisotopic (exact) mass is 330 g/mol. The standard InChI is InChI=1S/C19H26N2O3/c22-19(18-7-3-9-23-18)21-11-15-5-1-6-17(16(15)12-21)24-13-14-4-2-8-20-10-14/h2,4,8,10,15-18H,1,3,5-7,9,11-13H2/t15-,16+,17-,18+/m1/s1. The molecule has 0 bridgehead atoms. The van der Waals surface area contributed by atoms with Crippen molar-refractivity contribution in [2.75, 3.05) is 19.7 Å². The van der Waals surface area contributed by atoms with Crippen LogP contribution in [-0.2, 0) is 20.9 Å². The van der Waals surface area contributed by atoms with Gasteiger partial charge >= 0.3 is 0 Å². The van der Waals surface area contributed by atoms with E-state index in [2.05, 4.69) is 11.1 Å². The van der Waals surface area contributed by atoms with Gasteiger partial charge in [-0.2, -0.15) is 0 Å². The highest BCUT2D eigenvalue weighted by Gasteiger charge is 2.43. The van der Waals surface area contributed by atoms with Crippen LogP contribution in [0.25, 0.3) is 0 Å². The number of nitrogens with zero attached hydrogens (tertiary/aromatic N) is 2. The molecule has 0 spiro atoms. The Bertz CT molecular complexity index is 559. The maximum atomic E-state index is 12.6. The highest BCUT2D eigenvalue weighted by Crippen LogP contribution is 2.38. The van der Waals surface area contributed by atoms with Crippen molar-refractivity contribution in [3.05, 3.63) is 30.1 Å². The quantitative estimate of drug-likeness (QED) is 0.851. The predicted molar refractivity (Wildman–Crippen MR) is 89.2 cm³/mol. The van der Waals surface area contributed by atoms with Gasteiger partial charge in [-0.15, -0.1) is 0 Å². The highest BCUT2D eigenvalue weighted by atomic mass is 16.5. The van der Waals surface area contributed by atoms with Crippen molar-refractivity contribution < 1.29 is 14.3 Å². The summed E-state index contributed by atoms with van der Waals surface area (Å²) in [6.45, 7) is 3.06. The van der Waals surface area contributed by atoms with Crippen molar-refractivity contribution in [1.29, 1.82) is 0 Å². The summed E-state index contributed by atoms with van der Waals surface area (Å²) in [7, 11) is 0. The molecule has 0 N–H and O–H groups in total. The first-order chi connectivity index (χ1) is 11.8. The first kappa shape index (κ1) is 16.0. The van der Waals surface area contributed by atoms with Crippen molar-refractivity contribution in [3.8, 4) is 0 Å². The maximum Gasteiger partial charge on any atom is 0.251 e. The normalized spacial score (nSPS) is 32.8. The van der Waals surface area contributed by atoms with Gasteiger partial charge in [0.1, 0.15) is 6.10 Å². The third-order valence-corrected chi connectivity index (χ3v) is 5.74. The smallest absolute Gasteiger partial charge is 0.251 e. The number of carbonyl (C=O) groups is 1. The van der Waals surface area contributed by atoms with Gasteiger partial charge in [0.05, 0.1) is 12.7 Å². The summed E-state index contributed by atoms with van der Waals surface area (Å²) in [6.07, 6.45) is 9.11. The van der Waals surface area contributed by atoms with Crippen LogP contribution in [-0.4, -0.2) is 47.7 Å². The van der Waals surface area contributed by atoms with Gasteiger partial charge in [0.2, 0.25) is 0 Å². The van der Waals surface area contributed by atoms with Crippen LogP contribution in [0.4, 0.5) is 0 Å². The largest absolute Gasteiger partial charge is 0.373 e. The van der Waals surface area contributed by atoms with Crippen LogP contribution in [0.15, 0.2) is 24.5 Å². The van der Waals surface area contributed by atoms with Crippen molar-refractivity contribution in [1.82, 2.24) is 9.88 Å². The zero-order valence-corrected chi connectivity index (χ0v) is 14.1. The van der Waals surface area contributed by atoms with Crippen molar-refractivity contribution >= 4 is 5.91 Å². The van der Waals surface area contributed by atoms with E-state index in [1.807, 2.05) is 17.2 Å². The number of amides is 1. The van der Waals surface area contributed by atoms with Gasteiger partial charge in [0, 0.05) is 38.0 Å². The molecule has 2 aliphatic heterocycles. The Morgan fingerprint density at radius 1 is 1.29 bits per heavy atom. The Hall–Kier alpha value is -1.46. The maximum absolute atomic E-state index is 12.6. The van der Waals surface area contributed by atoms with Gasteiger partial charge in [-0.25, -0.2) is 0 Å². The second-order valence-corrected chi connectivity index (χ2v) is 7.31. The summed E-state index contributed by atoms with van der Waals surface area (Å²) >= 11 is 0. The number of hydrogen-bond donors (Lipinski definition) is 0. The topological polar surface area (TPSA) is 51.7 Å². The van der Waals surface area contributed by atoms with E-state index in [4.69, 9.17) is 9.47 Å². The van der Waals surface area contributed by atoms with Gasteiger partial charge in [0.15, 0.2) is 0 Å². The van der Waals surface area contributed by atoms with E-state index in [1.54, 1.807) is 6.20 Å². The molecule has 0 radical (unpaired) electrons. The molecule has 4 rings (SSSR count). The zero-order valence-electron chi connectivity index (χ0n) is 14.1. The number of rotatable bonds is 4. The molecule has 0 aromatic carbocycles. The fourth-order valence-corrected chi connectivity index (χ4v) is 4.47. The molecule has 1 aromatic heterocycles. The molecule has 1 aliphatic carbocycles. The van der Waals surface area contributed by atoms with Crippen molar-refractivity contribution in [2.45, 2.75) is 50.9 Å². The van der Waals surface area contributed by atoms with Crippen LogP contribution in [0.5, 0.6) is 0 Å². The third-order valence-electron chi connectivity index (χ3n) is 5.74. The van der Waals surface area contributed by atoms with Gasteiger partial charge in [-0.1, -0.05) is 12.5 Å². The van der Waals surface area contributed by atoms with Crippen molar-refractivity contribution in [3.63, 3.8) is 0 Å². The first-order valence-corrected chi connectivity index (χ1v) is 9.22. The Labute approximate surface area is 143 Å². The molecule has 3 heterocycles. The Morgan fingerprint density at radius 2 is 2.25 bits per heavy atom. The molecular weight excluding hydrogens is 304 g/mol. The molecule has 1 aromatic rings. The number of hydrogen-bond acceptors (Lipinski definition) is 4. The highest BCUT2D eigenvalue weighted by molar-refractivity contribution is 5.81. The summed E-state index contributed by atoms with van der Waals surface area (Å²) in [6, 6.07) is 4.00. The Kier molecular flexibility index (Phi) is 4.81. The van der Waals surface area contributed by atoms with Crippen LogP contribution in [0, 0.1) is 11.8 Å². The summed E-state index contributed by atoms with van der Waals surface area (Å²) < 4.78 is 11.8. The summed E-state index contributed by atoms with van der Waals surface area (Å²) in [5.41, 5.74) is 1.12. The number of pyridine rings is 1. The predicted octanol–water partition coefficient (Wildman–Crippen LogP) is 2.40. The van der Waals surface area contributed by atoms with E-state index in [-0.39, 0.29) is 18.1 Å². The lowest BCUT2D eigenvalue weighted by molar-refractivity contribution is -0.140. The van der Waals surface area contributed by atoms with E-state index in [0.29, 0.717) is 18.4 Å². The average molecular weight is 330 g/mol. The van der Waals surface area contributed by atoms with Crippen molar-refractivity contribution in [2.24, 2.45) is 11.8 Å². The van der Waals surface area contributed by atoms with E-state index in [1.165, 1.54) is 12.8 Å². The number of aromatic nitrogens is 1. The zero-order chi connectivity index (χ0) is 16.4. The van der Waals surface area contributed by atoms with Crippen LogP contribution >= 0.6 is 0 Å². The van der Waals surface area contributed by atoms with Gasteiger partial charge < -0.3 is 14.4 Å². The molecule has 5 heteroatoms. The fourth-order valence-electron chi connectivity index (χ4n) is 4.47. The van der Waals surface area contributed by atoms with Crippen LogP contribution in [0.2, 0.25) is 0 Å². The van der Waals surface area contributed by atoms with E-state index >= 15 is 0 Å². The van der Waals surface area contributed by atoms with Crippen LogP contribution in [0.3, 0.4) is 0 Å². The minimum Gasteiger partial charge on any atom is -0.373 e. The lowest BCUT2D eigenvalue weighted by atomic mass is 9.79. The second-order valence-electron chi connectivity index (χ2n) is 7.31. The SMILES string of the molecule is O=C([C@@H]1CCCO1)N1C[C@H]2CCC[C@@H](OCc3cccnc3)[C@H]2C1. The minimum absolute atomic E-state index is 0.195. The number of likely N-dealkylation sites (tertiary alicyclic amines) is 1. The molecule has 24 heavy (non-hydrogen) atoms. The summed E-state index contributed by atoms with van der Waals surface area (Å²) in [4.78, 5) is 18.8.